The number of rotatable bonds is 6. The molecule has 2 aliphatic heterocycles. The maximum Gasteiger partial charge on any atom is 0.506 e. The molecule has 2 fully saturated rings. The lowest BCUT2D eigenvalue weighted by atomic mass is 10.1. The molecule has 1 aromatic carbocycles. The minimum Gasteiger partial charge on any atom is -0.450 e. The Hall–Kier alpha value is -2.81. The number of hydrogen-bond donors (Lipinski definition) is 3. The molecule has 9 heteroatoms. The summed E-state index contributed by atoms with van der Waals surface area (Å²) in [6, 6.07) is 7.36. The minimum absolute atomic E-state index is 0.0981. The van der Waals surface area contributed by atoms with E-state index in [1.165, 1.54) is 0 Å². The summed E-state index contributed by atoms with van der Waals surface area (Å²) < 4.78 is 10.3. The van der Waals surface area contributed by atoms with Crippen molar-refractivity contribution in [2.75, 3.05) is 31.1 Å². The molecule has 0 saturated carbocycles. The number of piperidine rings is 1. The van der Waals surface area contributed by atoms with Crippen LogP contribution in [0.3, 0.4) is 0 Å². The fourth-order valence-corrected chi connectivity index (χ4v) is 3.48. The van der Waals surface area contributed by atoms with Gasteiger partial charge in [-0.15, -0.1) is 0 Å². The Bertz CT molecular complexity index is 700. The number of ether oxygens (including phenoxy) is 2. The molecule has 0 radical (unpaired) electrons. The molecule has 146 valence electrons. The second-order valence-electron chi connectivity index (χ2n) is 6.87. The van der Waals surface area contributed by atoms with E-state index in [4.69, 9.17) is 25.7 Å². The maximum atomic E-state index is 12.2. The third kappa shape index (κ3) is 5.10. The lowest BCUT2D eigenvalue weighted by molar-refractivity contribution is 0.0125. The molecule has 0 aliphatic carbocycles. The molecule has 1 aromatic rings. The first-order valence-corrected chi connectivity index (χ1v) is 8.92. The Kier molecular flexibility index (Phi) is 5.80. The Morgan fingerprint density at radius 2 is 1.96 bits per heavy atom. The Balaban J connectivity index is 1.50. The predicted molar refractivity (Wildman–Crippen MR) is 98.2 cm³/mol. The summed E-state index contributed by atoms with van der Waals surface area (Å²) in [6.07, 6.45) is -0.412. The van der Waals surface area contributed by atoms with Crippen LogP contribution in [0, 0.1) is 5.41 Å². The van der Waals surface area contributed by atoms with Gasteiger partial charge in [0.05, 0.1) is 12.4 Å². The largest absolute Gasteiger partial charge is 0.506 e. The van der Waals surface area contributed by atoms with Crippen LogP contribution in [-0.2, 0) is 15.9 Å². The highest BCUT2D eigenvalue weighted by Crippen LogP contribution is 2.23. The monoisotopic (exact) mass is 376 g/mol. The number of carboxylic acid groups (broad SMARTS) is 1. The van der Waals surface area contributed by atoms with Crippen molar-refractivity contribution in [3.05, 3.63) is 29.8 Å². The molecule has 4 N–H and O–H groups in total. The molecular weight excluding hydrogens is 352 g/mol. The Morgan fingerprint density at radius 1 is 1.30 bits per heavy atom. The maximum absolute atomic E-state index is 12.2. The zero-order valence-corrected chi connectivity index (χ0v) is 15.0. The minimum atomic E-state index is -1.23. The summed E-state index contributed by atoms with van der Waals surface area (Å²) in [6.45, 7) is 2.51. The van der Waals surface area contributed by atoms with Crippen molar-refractivity contribution in [3.8, 4) is 0 Å². The van der Waals surface area contributed by atoms with Gasteiger partial charge in [0.1, 0.15) is 12.2 Å². The molecule has 27 heavy (non-hydrogen) atoms. The van der Waals surface area contributed by atoms with Gasteiger partial charge in [-0.2, -0.15) is 0 Å². The van der Waals surface area contributed by atoms with Gasteiger partial charge in [0.25, 0.3) is 0 Å². The number of cyclic esters (lactones) is 1. The van der Waals surface area contributed by atoms with Crippen molar-refractivity contribution >= 4 is 23.8 Å². The summed E-state index contributed by atoms with van der Waals surface area (Å²) in [7, 11) is 0. The summed E-state index contributed by atoms with van der Waals surface area (Å²) >= 11 is 0. The quantitative estimate of drug-likeness (QED) is 0.391. The van der Waals surface area contributed by atoms with Gasteiger partial charge >= 0.3 is 12.2 Å². The van der Waals surface area contributed by atoms with Crippen LogP contribution in [0.5, 0.6) is 0 Å². The summed E-state index contributed by atoms with van der Waals surface area (Å²) in [4.78, 5) is 26.6. The number of amides is 1. The van der Waals surface area contributed by atoms with Gasteiger partial charge in [0.15, 0.2) is 0 Å². The van der Waals surface area contributed by atoms with Crippen molar-refractivity contribution < 1.29 is 24.2 Å². The number of benzene rings is 1. The summed E-state index contributed by atoms with van der Waals surface area (Å²) in [5.41, 5.74) is 7.07. The highest BCUT2D eigenvalue weighted by molar-refractivity contribution is 5.89. The van der Waals surface area contributed by atoms with E-state index in [0.29, 0.717) is 45.4 Å². The SMILES string of the molecule is N=C(N)Cc1ccc(N2C[C@H](CN3CCC(OC(=O)O)CC3)OC2=O)cc1. The van der Waals surface area contributed by atoms with Gasteiger partial charge in [-0.25, -0.2) is 9.59 Å². The molecular formula is C18H24N4O5. The summed E-state index contributed by atoms with van der Waals surface area (Å²) in [5, 5.41) is 16.0. The topological polar surface area (TPSA) is 129 Å². The highest BCUT2D eigenvalue weighted by atomic mass is 16.7. The Morgan fingerprint density at radius 3 is 2.56 bits per heavy atom. The van der Waals surface area contributed by atoms with Crippen LogP contribution in [0.2, 0.25) is 0 Å². The number of amidine groups is 1. The number of likely N-dealkylation sites (tertiary alicyclic amines) is 1. The fourth-order valence-electron chi connectivity index (χ4n) is 3.48. The zero-order chi connectivity index (χ0) is 19.4. The van der Waals surface area contributed by atoms with E-state index in [1.54, 1.807) is 4.90 Å². The van der Waals surface area contributed by atoms with Crippen LogP contribution in [0.1, 0.15) is 18.4 Å². The molecule has 0 aromatic heterocycles. The standard InChI is InChI=1S/C18H24N4O5/c19-16(20)9-12-1-3-13(4-2-12)22-11-15(26-17(22)23)10-21-7-5-14(6-8-21)27-18(24)25/h1-4,14-15H,5-11H2,(H3,19,20)(H,24,25)/t15-/m0/s1. The number of nitrogens with zero attached hydrogens (tertiary/aromatic N) is 2. The number of anilines is 1. The number of nitrogens with two attached hydrogens (primary N) is 1. The van der Waals surface area contributed by atoms with Crippen LogP contribution >= 0.6 is 0 Å². The normalized spacial score (nSPS) is 21.1. The van der Waals surface area contributed by atoms with Crippen LogP contribution in [0.15, 0.2) is 24.3 Å². The molecule has 1 atom stereocenters. The van der Waals surface area contributed by atoms with Gasteiger partial charge in [0.2, 0.25) is 0 Å². The average Bonchev–Trinajstić information content (AvgIpc) is 2.97. The van der Waals surface area contributed by atoms with E-state index in [1.807, 2.05) is 24.3 Å². The van der Waals surface area contributed by atoms with E-state index in [2.05, 4.69) is 4.90 Å². The third-order valence-corrected chi connectivity index (χ3v) is 4.78. The fraction of sp³-hybridized carbons (Fsp3) is 0.500. The molecule has 2 saturated heterocycles. The average molecular weight is 376 g/mol. The van der Waals surface area contributed by atoms with E-state index < -0.39 is 6.16 Å². The van der Waals surface area contributed by atoms with Crippen molar-refractivity contribution in [1.29, 1.82) is 5.41 Å². The smallest absolute Gasteiger partial charge is 0.450 e. The van der Waals surface area contributed by atoms with Crippen LogP contribution < -0.4 is 10.6 Å². The summed E-state index contributed by atoms with van der Waals surface area (Å²) in [5.74, 6) is 0.0981. The highest BCUT2D eigenvalue weighted by Gasteiger charge is 2.34. The van der Waals surface area contributed by atoms with Crippen LogP contribution in [-0.4, -0.2) is 66.5 Å². The second-order valence-corrected chi connectivity index (χ2v) is 6.87. The molecule has 2 aliphatic rings. The lowest BCUT2D eigenvalue weighted by Crippen LogP contribution is -2.42. The van der Waals surface area contributed by atoms with Gasteiger partial charge in [-0.05, 0) is 30.5 Å². The van der Waals surface area contributed by atoms with Crippen LogP contribution in [0.25, 0.3) is 0 Å². The second kappa shape index (κ2) is 8.26. The van der Waals surface area contributed by atoms with E-state index in [0.717, 1.165) is 11.3 Å². The van der Waals surface area contributed by atoms with Crippen molar-refractivity contribution in [2.45, 2.75) is 31.5 Å². The van der Waals surface area contributed by atoms with E-state index in [-0.39, 0.29) is 24.1 Å². The number of carbonyl (C=O) groups excluding carboxylic acids is 1. The first-order chi connectivity index (χ1) is 12.9. The zero-order valence-electron chi connectivity index (χ0n) is 15.0. The van der Waals surface area contributed by atoms with Gasteiger partial charge in [-0.3, -0.25) is 15.2 Å². The molecule has 0 unspecified atom stereocenters. The molecule has 9 nitrogen and oxygen atoms in total. The molecule has 3 rings (SSSR count). The number of carbonyl (C=O) groups is 2. The number of nitrogens with one attached hydrogen (secondary N) is 1. The molecule has 0 bridgehead atoms. The van der Waals surface area contributed by atoms with E-state index >= 15 is 0 Å². The predicted octanol–water partition coefficient (Wildman–Crippen LogP) is 1.65. The lowest BCUT2D eigenvalue weighted by Gasteiger charge is -2.31. The molecule has 2 heterocycles. The number of hydrogen-bond acceptors (Lipinski definition) is 6. The Labute approximate surface area is 157 Å². The van der Waals surface area contributed by atoms with Gasteiger partial charge < -0.3 is 20.3 Å². The van der Waals surface area contributed by atoms with Gasteiger partial charge in [0, 0.05) is 31.7 Å². The van der Waals surface area contributed by atoms with E-state index in [9.17, 15) is 9.59 Å². The van der Waals surface area contributed by atoms with Crippen molar-refractivity contribution in [2.24, 2.45) is 5.73 Å². The molecule has 1 amide bonds. The van der Waals surface area contributed by atoms with Gasteiger partial charge in [-0.1, -0.05) is 12.1 Å². The van der Waals surface area contributed by atoms with Crippen molar-refractivity contribution in [3.63, 3.8) is 0 Å². The molecule has 0 spiro atoms. The third-order valence-electron chi connectivity index (χ3n) is 4.78. The van der Waals surface area contributed by atoms with Crippen LogP contribution in [0.4, 0.5) is 15.3 Å². The first-order valence-electron chi connectivity index (χ1n) is 8.92. The van der Waals surface area contributed by atoms with Crippen molar-refractivity contribution in [1.82, 2.24) is 4.90 Å². The first kappa shape index (κ1) is 19.0.